The number of nitrogens with zero attached hydrogens (tertiary/aromatic N) is 3. The lowest BCUT2D eigenvalue weighted by atomic mass is 10.1. The minimum absolute atomic E-state index is 0.975. The van der Waals surface area contributed by atoms with Gasteiger partial charge < -0.3 is 0 Å². The van der Waals surface area contributed by atoms with Gasteiger partial charge >= 0.3 is 5.65 Å². The lowest BCUT2D eigenvalue weighted by Gasteiger charge is -2.02. The number of hydrogen-bond donors (Lipinski definition) is 0. The fourth-order valence-electron chi connectivity index (χ4n) is 3.23. The first-order chi connectivity index (χ1) is 11.4. The van der Waals surface area contributed by atoms with E-state index < -0.39 is 0 Å². The molecule has 5 aromatic rings. The van der Waals surface area contributed by atoms with Crippen molar-refractivity contribution in [2.24, 2.45) is 0 Å². The van der Waals surface area contributed by atoms with Crippen molar-refractivity contribution in [3.63, 3.8) is 0 Å². The fraction of sp³-hybridized carbons (Fsp3) is 0. The molecule has 2 heterocycles. The lowest BCUT2D eigenvalue weighted by Crippen LogP contribution is -2.20. The van der Waals surface area contributed by atoms with Crippen molar-refractivity contribution >= 4 is 27.3 Å². The van der Waals surface area contributed by atoms with Crippen LogP contribution in [-0.2, 0) is 0 Å². The molecule has 0 saturated heterocycles. The Labute approximate surface area is 133 Å². The molecule has 3 aromatic carbocycles. The summed E-state index contributed by atoms with van der Waals surface area (Å²) in [5, 5.41) is 8.49. The van der Waals surface area contributed by atoms with Crippen molar-refractivity contribution in [2.75, 3.05) is 0 Å². The third-order valence-electron chi connectivity index (χ3n) is 4.30. The Morgan fingerprint density at radius 2 is 1.30 bits per heavy atom. The van der Waals surface area contributed by atoms with Crippen LogP contribution in [0, 0.1) is 0 Å². The Morgan fingerprint density at radius 3 is 2.13 bits per heavy atom. The summed E-state index contributed by atoms with van der Waals surface area (Å²) >= 11 is 0. The highest BCUT2D eigenvalue weighted by Gasteiger charge is 2.18. The maximum atomic E-state index is 4.84. The van der Waals surface area contributed by atoms with Gasteiger partial charge in [0.25, 0.3) is 0 Å². The van der Waals surface area contributed by atoms with Gasteiger partial charge in [0.2, 0.25) is 6.33 Å². The van der Waals surface area contributed by atoms with Crippen molar-refractivity contribution < 1.29 is 4.40 Å². The van der Waals surface area contributed by atoms with E-state index in [2.05, 4.69) is 71.4 Å². The van der Waals surface area contributed by atoms with Crippen molar-refractivity contribution in [3.05, 3.63) is 85.2 Å². The quantitative estimate of drug-likeness (QED) is 0.339. The number of pyridine rings is 1. The van der Waals surface area contributed by atoms with Gasteiger partial charge in [-0.1, -0.05) is 59.3 Å². The molecule has 0 aliphatic rings. The molecule has 0 radical (unpaired) electrons. The lowest BCUT2D eigenvalue weighted by molar-refractivity contribution is -0.481. The minimum atomic E-state index is 0.975. The first kappa shape index (κ1) is 12.4. The topological polar surface area (TPSA) is 21.9 Å². The largest absolute Gasteiger partial charge is 0.314 e. The van der Waals surface area contributed by atoms with Crippen LogP contribution < -0.4 is 4.40 Å². The van der Waals surface area contributed by atoms with Gasteiger partial charge in [-0.3, -0.25) is 0 Å². The average Bonchev–Trinajstić information content (AvgIpc) is 3.09. The second kappa shape index (κ2) is 4.65. The van der Waals surface area contributed by atoms with Gasteiger partial charge in [0, 0.05) is 5.39 Å². The van der Waals surface area contributed by atoms with Gasteiger partial charge in [-0.15, -0.1) is 0 Å². The molecule has 0 amide bonds. The second-order valence-corrected chi connectivity index (χ2v) is 5.65. The van der Waals surface area contributed by atoms with Crippen molar-refractivity contribution in [3.8, 4) is 5.69 Å². The Balaban J connectivity index is 1.99. The van der Waals surface area contributed by atoms with Crippen LogP contribution in [0.2, 0.25) is 0 Å². The molecule has 0 aliphatic heterocycles. The Hall–Kier alpha value is -3.20. The molecule has 0 N–H and O–H groups in total. The average molecular weight is 296 g/mol. The number of rotatable bonds is 1. The van der Waals surface area contributed by atoms with E-state index >= 15 is 0 Å². The van der Waals surface area contributed by atoms with E-state index in [9.17, 15) is 0 Å². The van der Waals surface area contributed by atoms with E-state index in [0.29, 0.717) is 0 Å². The number of fused-ring (bicyclic) bond motifs is 6. The number of hydrogen-bond acceptors (Lipinski definition) is 1. The Bertz CT molecular complexity index is 1080. The highest BCUT2D eigenvalue weighted by atomic mass is 15.3. The van der Waals surface area contributed by atoms with Gasteiger partial charge in [-0.2, -0.15) is 4.40 Å². The third kappa shape index (κ3) is 1.77. The van der Waals surface area contributed by atoms with Crippen molar-refractivity contribution in [1.29, 1.82) is 0 Å². The highest BCUT2D eigenvalue weighted by Crippen LogP contribution is 2.25. The third-order valence-corrected chi connectivity index (χ3v) is 4.30. The van der Waals surface area contributed by atoms with Crippen LogP contribution in [-0.4, -0.2) is 9.78 Å². The molecule has 0 unspecified atom stereocenters. The zero-order valence-corrected chi connectivity index (χ0v) is 12.4. The van der Waals surface area contributed by atoms with Crippen LogP contribution in [0.15, 0.2) is 85.2 Å². The maximum Gasteiger partial charge on any atom is 0.314 e. The van der Waals surface area contributed by atoms with E-state index in [1.54, 1.807) is 0 Å². The normalized spacial score (nSPS) is 11.5. The molecule has 23 heavy (non-hydrogen) atoms. The van der Waals surface area contributed by atoms with Gasteiger partial charge in [-0.05, 0) is 29.7 Å². The predicted molar refractivity (Wildman–Crippen MR) is 91.7 cm³/mol. The standard InChI is InChI=1S/C20H14N3/c1-2-8-15(9-3-1)23-14-22-19-13-7-6-11-17(19)16-10-4-5-12-18(16)20(22)21-23/h1-14H/q+1. The number of benzene rings is 3. The number of aromatic nitrogens is 3. The summed E-state index contributed by atoms with van der Waals surface area (Å²) in [6, 6.07) is 27.1. The summed E-state index contributed by atoms with van der Waals surface area (Å²) in [5.41, 5.74) is 3.20. The summed E-state index contributed by atoms with van der Waals surface area (Å²) in [5.74, 6) is 0. The molecule has 5 rings (SSSR count). The molecule has 0 bridgehead atoms. The van der Waals surface area contributed by atoms with Gasteiger partial charge in [0.15, 0.2) is 0 Å². The first-order valence-electron chi connectivity index (χ1n) is 7.68. The van der Waals surface area contributed by atoms with Crippen LogP contribution in [0.1, 0.15) is 0 Å². The van der Waals surface area contributed by atoms with Crippen molar-refractivity contribution in [1.82, 2.24) is 9.78 Å². The van der Waals surface area contributed by atoms with Crippen molar-refractivity contribution in [2.45, 2.75) is 0 Å². The molecule has 0 fully saturated rings. The highest BCUT2D eigenvalue weighted by molar-refractivity contribution is 6.08. The SMILES string of the molecule is c1ccc(-n2c[n+]3c4ccccc4c4ccccc4c3n2)cc1. The first-order valence-corrected chi connectivity index (χ1v) is 7.68. The monoisotopic (exact) mass is 296 g/mol. The van der Waals surface area contributed by atoms with Crippen LogP contribution in [0.4, 0.5) is 0 Å². The van der Waals surface area contributed by atoms with Gasteiger partial charge in [0.05, 0.1) is 10.5 Å². The molecule has 2 aromatic heterocycles. The number of para-hydroxylation sites is 2. The zero-order chi connectivity index (χ0) is 15.2. The van der Waals surface area contributed by atoms with E-state index in [-0.39, 0.29) is 0 Å². The molecular weight excluding hydrogens is 282 g/mol. The molecule has 3 nitrogen and oxygen atoms in total. The van der Waals surface area contributed by atoms with Gasteiger partial charge in [-0.25, -0.2) is 0 Å². The molecule has 0 atom stereocenters. The van der Waals surface area contributed by atoms with Crippen LogP contribution >= 0.6 is 0 Å². The fourth-order valence-corrected chi connectivity index (χ4v) is 3.23. The molecule has 3 heteroatoms. The summed E-state index contributed by atoms with van der Waals surface area (Å²) in [6.07, 6.45) is 2.06. The van der Waals surface area contributed by atoms with E-state index in [4.69, 9.17) is 5.10 Å². The van der Waals surface area contributed by atoms with Crippen LogP contribution in [0.3, 0.4) is 0 Å². The van der Waals surface area contributed by atoms with Gasteiger partial charge in [0.1, 0.15) is 11.2 Å². The summed E-state index contributed by atoms with van der Waals surface area (Å²) in [4.78, 5) is 0. The Kier molecular flexibility index (Phi) is 2.50. The summed E-state index contributed by atoms with van der Waals surface area (Å²) in [6.45, 7) is 0. The van der Waals surface area contributed by atoms with Crippen LogP contribution in [0.25, 0.3) is 33.0 Å². The zero-order valence-electron chi connectivity index (χ0n) is 12.4. The van der Waals surface area contributed by atoms with Crippen LogP contribution in [0.5, 0.6) is 0 Å². The Morgan fingerprint density at radius 1 is 0.652 bits per heavy atom. The maximum absolute atomic E-state index is 4.84. The molecule has 0 aliphatic carbocycles. The molecule has 108 valence electrons. The summed E-state index contributed by atoms with van der Waals surface area (Å²) in [7, 11) is 0. The molecule has 0 spiro atoms. The second-order valence-electron chi connectivity index (χ2n) is 5.65. The predicted octanol–water partition coefficient (Wildman–Crippen LogP) is 3.92. The smallest absolute Gasteiger partial charge is 0.195 e. The van der Waals surface area contributed by atoms with E-state index in [1.807, 2.05) is 22.9 Å². The minimum Gasteiger partial charge on any atom is -0.195 e. The summed E-state index contributed by atoms with van der Waals surface area (Å²) < 4.78 is 4.11. The molecule has 0 saturated carbocycles. The van der Waals surface area contributed by atoms with E-state index in [0.717, 1.165) is 11.3 Å². The molecular formula is C20H14N3+. The van der Waals surface area contributed by atoms with E-state index in [1.165, 1.54) is 21.7 Å².